The van der Waals surface area contributed by atoms with E-state index < -0.39 is 5.97 Å². The van der Waals surface area contributed by atoms with E-state index in [-0.39, 0.29) is 11.4 Å². The Morgan fingerprint density at radius 2 is 1.63 bits per heavy atom. The lowest BCUT2D eigenvalue weighted by molar-refractivity contribution is -0.130. The first-order valence-electron chi connectivity index (χ1n) is 5.53. The maximum Gasteiger partial charge on any atom is 0.336 e. The van der Waals surface area contributed by atoms with Gasteiger partial charge in [0.1, 0.15) is 5.82 Å². The van der Waals surface area contributed by atoms with Crippen molar-refractivity contribution in [1.82, 2.24) is 0 Å². The highest BCUT2D eigenvalue weighted by molar-refractivity contribution is 6.30. The topological polar surface area (TPSA) is 37.3 Å². The Labute approximate surface area is 114 Å². The van der Waals surface area contributed by atoms with Crippen molar-refractivity contribution < 1.29 is 14.3 Å². The summed E-state index contributed by atoms with van der Waals surface area (Å²) in [7, 11) is 0. The number of carboxylic acid groups (broad SMARTS) is 1. The zero-order valence-corrected chi connectivity index (χ0v) is 10.6. The van der Waals surface area contributed by atoms with Crippen LogP contribution < -0.4 is 0 Å². The monoisotopic (exact) mass is 276 g/mol. The Balaban J connectivity index is 2.43. The molecule has 0 aliphatic heterocycles. The van der Waals surface area contributed by atoms with E-state index in [1.165, 1.54) is 30.3 Å². The molecule has 2 nitrogen and oxygen atoms in total. The van der Waals surface area contributed by atoms with Crippen molar-refractivity contribution in [3.8, 4) is 0 Å². The van der Waals surface area contributed by atoms with Gasteiger partial charge in [0.15, 0.2) is 0 Å². The molecule has 0 unspecified atom stereocenters. The first kappa shape index (κ1) is 13.3. The van der Waals surface area contributed by atoms with E-state index in [9.17, 15) is 14.3 Å². The van der Waals surface area contributed by atoms with Gasteiger partial charge in [-0.1, -0.05) is 35.9 Å². The smallest absolute Gasteiger partial charge is 0.336 e. The van der Waals surface area contributed by atoms with Crippen molar-refractivity contribution >= 4 is 29.2 Å². The van der Waals surface area contributed by atoms with E-state index in [1.54, 1.807) is 24.3 Å². The lowest BCUT2D eigenvalue weighted by Crippen LogP contribution is -1.99. The second kappa shape index (κ2) is 5.67. The van der Waals surface area contributed by atoms with Crippen molar-refractivity contribution in [3.63, 3.8) is 0 Å². The van der Waals surface area contributed by atoms with Crippen molar-refractivity contribution in [2.75, 3.05) is 0 Å². The molecule has 1 N–H and O–H groups in total. The molecular weight excluding hydrogens is 267 g/mol. The number of hydrogen-bond acceptors (Lipinski definition) is 1. The summed E-state index contributed by atoms with van der Waals surface area (Å²) in [5.74, 6) is -1.41. The maximum absolute atomic E-state index is 12.8. The van der Waals surface area contributed by atoms with Crippen molar-refractivity contribution in [2.24, 2.45) is 0 Å². The van der Waals surface area contributed by atoms with Gasteiger partial charge in [0, 0.05) is 5.02 Å². The van der Waals surface area contributed by atoms with Crippen LogP contribution in [-0.4, -0.2) is 11.1 Å². The highest BCUT2D eigenvalue weighted by atomic mass is 35.5. The molecule has 19 heavy (non-hydrogen) atoms. The summed E-state index contributed by atoms with van der Waals surface area (Å²) in [5, 5.41) is 9.77. The minimum Gasteiger partial charge on any atom is -0.478 e. The first-order chi connectivity index (χ1) is 9.06. The highest BCUT2D eigenvalue weighted by Gasteiger charge is 2.10. The van der Waals surface area contributed by atoms with E-state index in [1.807, 2.05) is 0 Å². The van der Waals surface area contributed by atoms with Crippen LogP contribution in [0.4, 0.5) is 4.39 Å². The van der Waals surface area contributed by atoms with Gasteiger partial charge in [-0.15, -0.1) is 0 Å². The molecular formula is C15H10ClFO2. The van der Waals surface area contributed by atoms with Crippen LogP contribution in [0.5, 0.6) is 0 Å². The van der Waals surface area contributed by atoms with Crippen LogP contribution in [0.25, 0.3) is 11.6 Å². The highest BCUT2D eigenvalue weighted by Crippen LogP contribution is 2.21. The molecule has 0 bridgehead atoms. The molecule has 0 fully saturated rings. The molecule has 2 rings (SSSR count). The van der Waals surface area contributed by atoms with E-state index in [4.69, 9.17) is 11.6 Å². The number of carbonyl (C=O) groups is 1. The number of halogens is 2. The summed E-state index contributed by atoms with van der Waals surface area (Å²) in [5.41, 5.74) is 1.29. The fraction of sp³-hybridized carbons (Fsp3) is 0. The predicted molar refractivity (Wildman–Crippen MR) is 73.4 cm³/mol. The van der Waals surface area contributed by atoms with E-state index in [2.05, 4.69) is 0 Å². The minimum atomic E-state index is -1.05. The molecule has 0 radical (unpaired) electrons. The molecule has 0 heterocycles. The largest absolute Gasteiger partial charge is 0.478 e. The van der Waals surface area contributed by atoms with Crippen LogP contribution >= 0.6 is 11.6 Å². The maximum atomic E-state index is 12.8. The summed E-state index contributed by atoms with van der Waals surface area (Å²) < 4.78 is 12.8. The SMILES string of the molecule is O=C(O)/C(=C\c1ccc(F)cc1)c1ccc(Cl)cc1. The van der Waals surface area contributed by atoms with Crippen molar-refractivity contribution in [3.05, 3.63) is 70.5 Å². The van der Waals surface area contributed by atoms with Gasteiger partial charge in [-0.2, -0.15) is 0 Å². The fourth-order valence-corrected chi connectivity index (χ4v) is 1.75. The number of benzene rings is 2. The van der Waals surface area contributed by atoms with Gasteiger partial charge >= 0.3 is 5.97 Å². The molecule has 0 aromatic heterocycles. The lowest BCUT2D eigenvalue weighted by Gasteiger charge is -2.03. The molecule has 4 heteroatoms. The van der Waals surface area contributed by atoms with Gasteiger partial charge in [-0.25, -0.2) is 9.18 Å². The Morgan fingerprint density at radius 1 is 1.05 bits per heavy atom. The van der Waals surface area contributed by atoms with Crippen molar-refractivity contribution in [2.45, 2.75) is 0 Å². The third-order valence-electron chi connectivity index (χ3n) is 2.57. The summed E-state index contributed by atoms with van der Waals surface area (Å²) in [6.45, 7) is 0. The third kappa shape index (κ3) is 3.42. The number of hydrogen-bond donors (Lipinski definition) is 1. The first-order valence-corrected chi connectivity index (χ1v) is 5.90. The Bertz CT molecular complexity index is 616. The van der Waals surface area contributed by atoms with Crippen LogP contribution in [0.1, 0.15) is 11.1 Å². The lowest BCUT2D eigenvalue weighted by atomic mass is 10.0. The van der Waals surface area contributed by atoms with Gasteiger partial charge in [0.05, 0.1) is 5.57 Å². The molecule has 0 aliphatic carbocycles. The molecule has 2 aromatic carbocycles. The van der Waals surface area contributed by atoms with Gasteiger partial charge in [-0.05, 0) is 41.5 Å². The third-order valence-corrected chi connectivity index (χ3v) is 2.82. The molecule has 0 saturated heterocycles. The molecule has 2 aromatic rings. The van der Waals surface area contributed by atoms with Gasteiger partial charge in [0.2, 0.25) is 0 Å². The average molecular weight is 277 g/mol. The molecule has 0 spiro atoms. The second-order valence-electron chi connectivity index (χ2n) is 3.92. The van der Waals surface area contributed by atoms with Crippen LogP contribution in [0.15, 0.2) is 48.5 Å². The number of rotatable bonds is 3. The molecule has 0 amide bonds. The number of aliphatic carboxylic acids is 1. The van der Waals surface area contributed by atoms with Crippen LogP contribution in [0.3, 0.4) is 0 Å². The molecule has 96 valence electrons. The van der Waals surface area contributed by atoms with E-state index in [0.717, 1.165) is 0 Å². The van der Waals surface area contributed by atoms with Crippen LogP contribution in [-0.2, 0) is 4.79 Å². The quantitative estimate of drug-likeness (QED) is 0.677. The molecule has 0 atom stereocenters. The van der Waals surface area contributed by atoms with Gasteiger partial charge in [-0.3, -0.25) is 0 Å². The van der Waals surface area contributed by atoms with Crippen LogP contribution in [0, 0.1) is 5.82 Å². The zero-order chi connectivity index (χ0) is 13.8. The zero-order valence-electron chi connectivity index (χ0n) is 9.81. The summed E-state index contributed by atoms with van der Waals surface area (Å²) in [4.78, 5) is 11.3. The van der Waals surface area contributed by atoms with Crippen molar-refractivity contribution in [1.29, 1.82) is 0 Å². The van der Waals surface area contributed by atoms with Crippen LogP contribution in [0.2, 0.25) is 5.02 Å². The average Bonchev–Trinajstić information content (AvgIpc) is 2.39. The predicted octanol–water partition coefficient (Wildman–Crippen LogP) is 4.10. The molecule has 0 saturated carbocycles. The summed E-state index contributed by atoms with van der Waals surface area (Å²) in [6, 6.07) is 12.1. The van der Waals surface area contributed by atoms with E-state index in [0.29, 0.717) is 16.1 Å². The van der Waals surface area contributed by atoms with Gasteiger partial charge < -0.3 is 5.11 Å². The summed E-state index contributed by atoms with van der Waals surface area (Å²) in [6.07, 6.45) is 1.49. The minimum absolute atomic E-state index is 0.128. The number of carboxylic acids is 1. The Morgan fingerprint density at radius 3 is 2.16 bits per heavy atom. The standard InChI is InChI=1S/C15H10ClFO2/c16-12-5-3-11(4-6-12)14(15(18)19)9-10-1-7-13(17)8-2-10/h1-9H,(H,18,19)/b14-9-. The second-order valence-corrected chi connectivity index (χ2v) is 4.36. The van der Waals surface area contributed by atoms with E-state index >= 15 is 0 Å². The Hall–Kier alpha value is -2.13. The Kier molecular flexibility index (Phi) is 3.97. The van der Waals surface area contributed by atoms with Gasteiger partial charge in [0.25, 0.3) is 0 Å². The summed E-state index contributed by atoms with van der Waals surface area (Å²) >= 11 is 5.76. The molecule has 0 aliphatic rings. The normalized spacial score (nSPS) is 11.4. The fourth-order valence-electron chi connectivity index (χ4n) is 1.62.